The molecule has 0 bridgehead atoms. The van der Waals surface area contributed by atoms with Crippen molar-refractivity contribution in [1.29, 1.82) is 0 Å². The Labute approximate surface area is 96.4 Å². The molecule has 16 heavy (non-hydrogen) atoms. The quantitative estimate of drug-likeness (QED) is 0.712. The van der Waals surface area contributed by atoms with Crippen molar-refractivity contribution >= 4 is 6.03 Å². The van der Waals surface area contributed by atoms with Gasteiger partial charge in [0.2, 0.25) is 0 Å². The molecule has 0 aromatic carbocycles. The molecular weight excluding hydrogens is 204 g/mol. The van der Waals surface area contributed by atoms with Gasteiger partial charge in [0.1, 0.15) is 0 Å². The van der Waals surface area contributed by atoms with Crippen LogP contribution in [0.3, 0.4) is 0 Å². The van der Waals surface area contributed by atoms with Crippen LogP contribution in [0.15, 0.2) is 12.2 Å². The molecule has 0 saturated carbocycles. The van der Waals surface area contributed by atoms with Crippen molar-refractivity contribution in [2.45, 2.75) is 31.7 Å². The lowest BCUT2D eigenvalue weighted by atomic mass is 9.94. The Morgan fingerprint density at radius 3 is 3.00 bits per heavy atom. The van der Waals surface area contributed by atoms with Crippen LogP contribution in [0.2, 0.25) is 0 Å². The van der Waals surface area contributed by atoms with E-state index in [-0.39, 0.29) is 12.1 Å². The van der Waals surface area contributed by atoms with Crippen LogP contribution in [-0.2, 0) is 4.74 Å². The molecule has 1 heterocycles. The summed E-state index contributed by atoms with van der Waals surface area (Å²) in [5, 5.41) is 5.87. The van der Waals surface area contributed by atoms with Crippen molar-refractivity contribution in [3.8, 4) is 0 Å². The van der Waals surface area contributed by atoms with E-state index in [0.717, 1.165) is 32.4 Å². The van der Waals surface area contributed by atoms with E-state index in [9.17, 15) is 4.79 Å². The van der Waals surface area contributed by atoms with Crippen LogP contribution in [-0.4, -0.2) is 31.8 Å². The van der Waals surface area contributed by atoms with Gasteiger partial charge in [-0.2, -0.15) is 0 Å². The zero-order chi connectivity index (χ0) is 11.2. The predicted octanol–water partition coefficient (Wildman–Crippen LogP) is 1.43. The van der Waals surface area contributed by atoms with Gasteiger partial charge in [0, 0.05) is 13.2 Å². The molecule has 0 aromatic rings. The maximum absolute atomic E-state index is 11.5. The van der Waals surface area contributed by atoms with Crippen molar-refractivity contribution in [3.05, 3.63) is 12.2 Å². The molecule has 1 fully saturated rings. The molecule has 1 aliphatic heterocycles. The average Bonchev–Trinajstić information content (AvgIpc) is 2.81. The second kappa shape index (κ2) is 5.89. The number of hydrogen-bond donors (Lipinski definition) is 2. The lowest BCUT2D eigenvalue weighted by Crippen LogP contribution is -2.43. The molecule has 2 amide bonds. The molecule has 2 atom stereocenters. The zero-order valence-corrected chi connectivity index (χ0v) is 9.58. The minimum Gasteiger partial charge on any atom is -0.379 e. The van der Waals surface area contributed by atoms with Gasteiger partial charge in [0.05, 0.1) is 12.6 Å². The molecule has 0 radical (unpaired) electrons. The van der Waals surface area contributed by atoms with Crippen LogP contribution in [0.4, 0.5) is 4.79 Å². The van der Waals surface area contributed by atoms with Gasteiger partial charge in [-0.1, -0.05) is 12.2 Å². The predicted molar refractivity (Wildman–Crippen MR) is 62.2 cm³/mol. The highest BCUT2D eigenvalue weighted by atomic mass is 16.5. The summed E-state index contributed by atoms with van der Waals surface area (Å²) in [6, 6.07) is 0.149. The monoisotopic (exact) mass is 224 g/mol. The van der Waals surface area contributed by atoms with E-state index in [0.29, 0.717) is 12.5 Å². The zero-order valence-electron chi connectivity index (χ0n) is 9.58. The van der Waals surface area contributed by atoms with E-state index in [1.807, 2.05) is 0 Å². The van der Waals surface area contributed by atoms with E-state index in [1.165, 1.54) is 6.42 Å². The molecule has 4 nitrogen and oxygen atoms in total. The minimum atomic E-state index is -0.0509. The summed E-state index contributed by atoms with van der Waals surface area (Å²) >= 11 is 0. The number of nitrogens with one attached hydrogen (secondary N) is 2. The van der Waals surface area contributed by atoms with Crippen molar-refractivity contribution in [2.24, 2.45) is 5.92 Å². The Balaban J connectivity index is 1.61. The highest BCUT2D eigenvalue weighted by Crippen LogP contribution is 2.16. The number of urea groups is 1. The van der Waals surface area contributed by atoms with Crippen LogP contribution in [0.1, 0.15) is 25.7 Å². The summed E-state index contributed by atoms with van der Waals surface area (Å²) in [6.07, 6.45) is 8.77. The van der Waals surface area contributed by atoms with Gasteiger partial charge in [0.15, 0.2) is 0 Å². The Kier molecular flexibility index (Phi) is 4.22. The van der Waals surface area contributed by atoms with Gasteiger partial charge in [-0.25, -0.2) is 4.79 Å². The number of carbonyl (C=O) groups is 1. The second-order valence-corrected chi connectivity index (χ2v) is 4.57. The van der Waals surface area contributed by atoms with Gasteiger partial charge in [0.25, 0.3) is 0 Å². The summed E-state index contributed by atoms with van der Waals surface area (Å²) in [5.74, 6) is 0.607. The van der Waals surface area contributed by atoms with Crippen LogP contribution >= 0.6 is 0 Å². The number of carbonyl (C=O) groups excluding carboxylic acids is 1. The molecule has 2 N–H and O–H groups in total. The van der Waals surface area contributed by atoms with Crippen molar-refractivity contribution in [3.63, 3.8) is 0 Å². The van der Waals surface area contributed by atoms with Crippen molar-refractivity contribution in [2.75, 3.05) is 19.8 Å². The third-order valence-electron chi connectivity index (χ3n) is 3.19. The molecule has 4 heteroatoms. The van der Waals surface area contributed by atoms with Crippen molar-refractivity contribution in [1.82, 2.24) is 10.6 Å². The first-order valence-electron chi connectivity index (χ1n) is 6.11. The van der Waals surface area contributed by atoms with E-state index in [2.05, 4.69) is 22.8 Å². The van der Waals surface area contributed by atoms with Crippen LogP contribution in [0.25, 0.3) is 0 Å². The number of hydrogen-bond acceptors (Lipinski definition) is 2. The standard InChI is InChI=1S/C12H20N2O2/c15-12(14-11-6-7-16-9-11)13-8-10-4-2-1-3-5-10/h1-2,10-11H,3-9H2,(H2,13,14,15). The Morgan fingerprint density at radius 1 is 1.38 bits per heavy atom. The molecule has 1 saturated heterocycles. The molecule has 2 aliphatic rings. The number of ether oxygens (including phenoxy) is 1. The maximum Gasteiger partial charge on any atom is 0.315 e. The summed E-state index contributed by atoms with van der Waals surface area (Å²) in [7, 11) is 0. The fourth-order valence-electron chi connectivity index (χ4n) is 2.16. The SMILES string of the molecule is O=C(NCC1CC=CCC1)NC1CCOC1. The van der Waals surface area contributed by atoms with Crippen LogP contribution in [0.5, 0.6) is 0 Å². The van der Waals surface area contributed by atoms with E-state index in [1.54, 1.807) is 0 Å². The maximum atomic E-state index is 11.5. The lowest BCUT2D eigenvalue weighted by Gasteiger charge is -2.19. The van der Waals surface area contributed by atoms with Gasteiger partial charge >= 0.3 is 6.03 Å². The first-order valence-corrected chi connectivity index (χ1v) is 6.11. The molecule has 2 unspecified atom stereocenters. The number of amides is 2. The summed E-state index contributed by atoms with van der Waals surface area (Å²) in [4.78, 5) is 11.5. The molecular formula is C12H20N2O2. The number of rotatable bonds is 3. The smallest absolute Gasteiger partial charge is 0.315 e. The van der Waals surface area contributed by atoms with E-state index in [4.69, 9.17) is 4.74 Å². The minimum absolute atomic E-state index is 0.0509. The molecule has 90 valence electrons. The fraction of sp³-hybridized carbons (Fsp3) is 0.750. The normalized spacial score (nSPS) is 29.0. The van der Waals surface area contributed by atoms with Crippen molar-refractivity contribution < 1.29 is 9.53 Å². The Hall–Kier alpha value is -1.03. The highest BCUT2D eigenvalue weighted by molar-refractivity contribution is 5.74. The summed E-state index contributed by atoms with van der Waals surface area (Å²) in [6.45, 7) is 2.20. The van der Waals surface area contributed by atoms with E-state index >= 15 is 0 Å². The average molecular weight is 224 g/mol. The number of allylic oxidation sites excluding steroid dienone is 2. The van der Waals surface area contributed by atoms with Gasteiger partial charge in [-0.05, 0) is 31.6 Å². The molecule has 0 spiro atoms. The highest BCUT2D eigenvalue weighted by Gasteiger charge is 2.18. The van der Waals surface area contributed by atoms with Gasteiger partial charge in [-0.3, -0.25) is 0 Å². The van der Waals surface area contributed by atoms with Gasteiger partial charge < -0.3 is 15.4 Å². The first-order chi connectivity index (χ1) is 7.84. The third-order valence-corrected chi connectivity index (χ3v) is 3.19. The lowest BCUT2D eigenvalue weighted by molar-refractivity contribution is 0.188. The molecule has 0 aromatic heterocycles. The van der Waals surface area contributed by atoms with Crippen LogP contribution in [0, 0.1) is 5.92 Å². The fourth-order valence-corrected chi connectivity index (χ4v) is 2.16. The topological polar surface area (TPSA) is 50.4 Å². The summed E-state index contributed by atoms with van der Waals surface area (Å²) < 4.78 is 5.20. The second-order valence-electron chi connectivity index (χ2n) is 4.57. The third kappa shape index (κ3) is 3.52. The molecule has 2 rings (SSSR count). The Bertz CT molecular complexity index is 260. The van der Waals surface area contributed by atoms with E-state index < -0.39 is 0 Å². The largest absolute Gasteiger partial charge is 0.379 e. The van der Waals surface area contributed by atoms with Crippen LogP contribution < -0.4 is 10.6 Å². The van der Waals surface area contributed by atoms with Gasteiger partial charge in [-0.15, -0.1) is 0 Å². The Morgan fingerprint density at radius 2 is 2.31 bits per heavy atom. The summed E-state index contributed by atoms with van der Waals surface area (Å²) in [5.41, 5.74) is 0. The molecule has 1 aliphatic carbocycles. The first kappa shape index (κ1) is 11.5.